The van der Waals surface area contributed by atoms with Crippen LogP contribution in [0.15, 0.2) is 86.0 Å². The van der Waals surface area contributed by atoms with Crippen LogP contribution >= 0.6 is 0 Å². The molecule has 0 bridgehead atoms. The molecule has 2 rings (SSSR count). The molecule has 2 aromatic carbocycles. The molecule has 0 spiro atoms. The minimum atomic E-state index is 0.601. The van der Waals surface area contributed by atoms with Gasteiger partial charge in [0.2, 0.25) is 0 Å². The smallest absolute Gasteiger partial charge is 0.0156 e. The Labute approximate surface area is 193 Å². The highest BCUT2D eigenvalue weighted by Crippen LogP contribution is 2.20. The average Bonchev–Trinajstić information content (AvgIpc) is 2.75. The van der Waals surface area contributed by atoms with Gasteiger partial charge in [-0.2, -0.15) is 0 Å². The highest BCUT2D eigenvalue weighted by molar-refractivity contribution is 5.56. The second kappa shape index (κ2) is 19.0. The van der Waals surface area contributed by atoms with Crippen molar-refractivity contribution in [3.8, 4) is 12.8 Å². The van der Waals surface area contributed by atoms with Crippen LogP contribution in [-0.4, -0.2) is 0 Å². The summed E-state index contributed by atoms with van der Waals surface area (Å²) in [4.78, 5) is 0. The van der Waals surface area contributed by atoms with Gasteiger partial charge in [-0.05, 0) is 68.7 Å². The Kier molecular flexibility index (Phi) is 18.4. The van der Waals surface area contributed by atoms with Crippen LogP contribution in [0.4, 0.5) is 0 Å². The number of hydrogen-bond acceptors (Lipinski definition) is 0. The predicted molar refractivity (Wildman–Crippen MR) is 145 cm³/mol. The molecule has 0 aliphatic rings. The zero-order chi connectivity index (χ0) is 24.2. The molecule has 2 aromatic rings. The van der Waals surface area contributed by atoms with E-state index in [1.54, 1.807) is 6.08 Å². The molecule has 1 unspecified atom stereocenters. The van der Waals surface area contributed by atoms with Crippen LogP contribution in [-0.2, 0) is 6.42 Å². The Hall–Kier alpha value is -3.04. The lowest BCUT2D eigenvalue weighted by Crippen LogP contribution is -1.92. The van der Waals surface area contributed by atoms with Gasteiger partial charge in [0.15, 0.2) is 0 Å². The first kappa shape index (κ1) is 30.2. The van der Waals surface area contributed by atoms with Crippen LogP contribution in [0, 0.1) is 26.7 Å². The van der Waals surface area contributed by atoms with Crippen molar-refractivity contribution in [3.63, 3.8) is 0 Å². The van der Waals surface area contributed by atoms with Crippen molar-refractivity contribution >= 4 is 6.08 Å². The summed E-state index contributed by atoms with van der Waals surface area (Å²) in [5, 5.41) is 0. The summed E-state index contributed by atoms with van der Waals surface area (Å²) in [5.74, 6) is 0.601. The third kappa shape index (κ3) is 14.6. The molecule has 0 amide bonds. The summed E-state index contributed by atoms with van der Waals surface area (Å²) >= 11 is 0. The first-order chi connectivity index (χ1) is 14.8. The predicted octanol–water partition coefficient (Wildman–Crippen LogP) is 9.26. The Morgan fingerprint density at radius 1 is 1.06 bits per heavy atom. The highest BCUT2D eigenvalue weighted by atomic mass is 14.1. The van der Waals surface area contributed by atoms with Gasteiger partial charge in [0, 0.05) is 0 Å². The molecule has 0 saturated heterocycles. The summed E-state index contributed by atoms with van der Waals surface area (Å²) in [5.41, 5.74) is 7.84. The maximum atomic E-state index is 4.00. The SMILES string of the molecule is C#C.C=C(C)/C=C/c1ccc(C)cc1C.C=CC.C=CCC(C)c1cccc(CC)c1. The average molecular weight is 415 g/mol. The lowest BCUT2D eigenvalue weighted by Gasteiger charge is -2.10. The fourth-order valence-corrected chi connectivity index (χ4v) is 2.75. The van der Waals surface area contributed by atoms with Gasteiger partial charge in [-0.1, -0.05) is 98.3 Å². The molecule has 0 aliphatic heterocycles. The monoisotopic (exact) mass is 414 g/mol. The lowest BCUT2D eigenvalue weighted by atomic mass is 9.96. The minimum absolute atomic E-state index is 0.601. The van der Waals surface area contributed by atoms with E-state index in [-0.39, 0.29) is 0 Å². The first-order valence-corrected chi connectivity index (χ1v) is 10.8. The highest BCUT2D eigenvalue weighted by Gasteiger charge is 2.02. The van der Waals surface area contributed by atoms with Crippen molar-refractivity contribution in [2.24, 2.45) is 0 Å². The number of rotatable bonds is 6. The Morgan fingerprint density at radius 3 is 2.16 bits per heavy atom. The maximum absolute atomic E-state index is 4.00. The topological polar surface area (TPSA) is 0 Å². The number of hydrogen-bond donors (Lipinski definition) is 0. The van der Waals surface area contributed by atoms with E-state index >= 15 is 0 Å². The largest absolute Gasteiger partial charge is 0.124 e. The van der Waals surface area contributed by atoms with E-state index in [4.69, 9.17) is 0 Å². The number of allylic oxidation sites excluding steroid dienone is 4. The van der Waals surface area contributed by atoms with Crippen LogP contribution in [0.3, 0.4) is 0 Å². The second-order valence-electron chi connectivity index (χ2n) is 7.47. The summed E-state index contributed by atoms with van der Waals surface area (Å²) in [6.07, 6.45) is 18.1. The zero-order valence-electron chi connectivity index (χ0n) is 20.6. The molecule has 0 aliphatic carbocycles. The van der Waals surface area contributed by atoms with Gasteiger partial charge < -0.3 is 0 Å². The van der Waals surface area contributed by atoms with E-state index in [0.717, 1.165) is 18.4 Å². The Balaban J connectivity index is 0. The molecular weight excluding hydrogens is 372 g/mol. The number of terminal acetylenes is 1. The summed E-state index contributed by atoms with van der Waals surface area (Å²) in [6, 6.07) is 15.3. The van der Waals surface area contributed by atoms with Crippen molar-refractivity contribution in [1.82, 2.24) is 0 Å². The van der Waals surface area contributed by atoms with Crippen molar-refractivity contribution < 1.29 is 0 Å². The van der Waals surface area contributed by atoms with Crippen LogP contribution in [0.2, 0.25) is 0 Å². The fourth-order valence-electron chi connectivity index (χ4n) is 2.75. The molecule has 0 aromatic heterocycles. The molecule has 0 radical (unpaired) electrons. The van der Waals surface area contributed by atoms with Crippen LogP contribution < -0.4 is 0 Å². The minimum Gasteiger partial charge on any atom is -0.124 e. The van der Waals surface area contributed by atoms with Gasteiger partial charge in [0.25, 0.3) is 0 Å². The van der Waals surface area contributed by atoms with Crippen molar-refractivity contribution in [1.29, 1.82) is 0 Å². The molecule has 166 valence electrons. The third-order valence-electron chi connectivity index (χ3n) is 4.42. The summed E-state index contributed by atoms with van der Waals surface area (Å²) in [6.45, 7) is 23.5. The molecule has 0 N–H and O–H groups in total. The lowest BCUT2D eigenvalue weighted by molar-refractivity contribution is 0.780. The van der Waals surface area contributed by atoms with Crippen molar-refractivity contribution in [2.75, 3.05) is 0 Å². The van der Waals surface area contributed by atoms with E-state index in [1.807, 2.05) is 26.0 Å². The summed E-state index contributed by atoms with van der Waals surface area (Å²) < 4.78 is 0. The van der Waals surface area contributed by atoms with Gasteiger partial charge in [0.05, 0.1) is 0 Å². The molecule has 0 nitrogen and oxygen atoms in total. The molecule has 0 saturated carbocycles. The zero-order valence-corrected chi connectivity index (χ0v) is 20.6. The van der Waals surface area contributed by atoms with Crippen molar-refractivity contribution in [2.45, 2.75) is 60.3 Å². The van der Waals surface area contributed by atoms with Gasteiger partial charge in [-0.15, -0.1) is 26.0 Å². The van der Waals surface area contributed by atoms with Gasteiger partial charge in [-0.25, -0.2) is 0 Å². The molecule has 0 fully saturated rings. The quantitative estimate of drug-likeness (QED) is 0.251. The molecule has 1 atom stereocenters. The second-order valence-corrected chi connectivity index (χ2v) is 7.47. The van der Waals surface area contributed by atoms with E-state index in [2.05, 4.69) is 109 Å². The van der Waals surface area contributed by atoms with Crippen molar-refractivity contribution in [3.05, 3.63) is 114 Å². The first-order valence-electron chi connectivity index (χ1n) is 10.8. The Morgan fingerprint density at radius 2 is 1.68 bits per heavy atom. The van der Waals surface area contributed by atoms with Gasteiger partial charge >= 0.3 is 0 Å². The van der Waals surface area contributed by atoms with Crippen LogP contribution in [0.1, 0.15) is 67.9 Å². The number of aryl methyl sites for hydroxylation is 3. The third-order valence-corrected chi connectivity index (χ3v) is 4.42. The normalized spacial score (nSPS) is 10.2. The van der Waals surface area contributed by atoms with Gasteiger partial charge in [-0.3, -0.25) is 0 Å². The van der Waals surface area contributed by atoms with E-state index < -0.39 is 0 Å². The molecular formula is C31H42. The van der Waals surface area contributed by atoms with E-state index in [9.17, 15) is 0 Å². The molecule has 0 heterocycles. The van der Waals surface area contributed by atoms with Crippen LogP contribution in [0.25, 0.3) is 6.08 Å². The molecule has 31 heavy (non-hydrogen) atoms. The maximum Gasteiger partial charge on any atom is -0.0156 e. The summed E-state index contributed by atoms with van der Waals surface area (Å²) in [7, 11) is 0. The van der Waals surface area contributed by atoms with E-state index in [0.29, 0.717) is 5.92 Å². The fraction of sp³-hybridized carbons (Fsp3) is 0.290. The molecule has 0 heteroatoms. The van der Waals surface area contributed by atoms with Crippen LogP contribution in [0.5, 0.6) is 0 Å². The number of benzene rings is 2. The Bertz CT molecular complexity index is 830. The van der Waals surface area contributed by atoms with Gasteiger partial charge in [0.1, 0.15) is 0 Å². The standard InChI is InChI=1S/C13H16.C13H18.C3H6.C2H2/c1-10(2)5-7-13-8-6-11(3)9-12(13)4;1-4-7-11(3)13-9-6-8-12(5-2)10-13;1-3-2;1-2/h5-9H,1H2,2-4H3;4,6,8-11H,1,5,7H2,2-3H3;3H,1H2,2H3;1-2H/b7-5+;;;. The van der Waals surface area contributed by atoms with E-state index in [1.165, 1.54) is 27.8 Å².